The highest BCUT2D eigenvalue weighted by Gasteiger charge is 2.37. The van der Waals surface area contributed by atoms with Gasteiger partial charge in [0.2, 0.25) is 11.8 Å². The molecule has 0 bridgehead atoms. The Kier molecular flexibility index (Phi) is 7.13. The predicted octanol–water partition coefficient (Wildman–Crippen LogP) is 1.83. The van der Waals surface area contributed by atoms with Crippen LogP contribution in [-0.4, -0.2) is 42.4 Å². The zero-order chi connectivity index (χ0) is 15.5. The zero-order valence-electron chi connectivity index (χ0n) is 13.8. The van der Waals surface area contributed by atoms with Crippen molar-refractivity contribution in [2.24, 2.45) is 11.7 Å². The van der Waals surface area contributed by atoms with Crippen molar-refractivity contribution in [3.8, 4) is 0 Å². The van der Waals surface area contributed by atoms with Crippen LogP contribution < -0.4 is 11.1 Å². The van der Waals surface area contributed by atoms with E-state index in [4.69, 9.17) is 5.73 Å². The number of nitrogens with one attached hydrogen (secondary N) is 1. The second-order valence-electron chi connectivity index (χ2n) is 6.98. The fourth-order valence-electron chi connectivity index (χ4n) is 3.65. The van der Waals surface area contributed by atoms with Gasteiger partial charge in [0.25, 0.3) is 0 Å². The largest absolute Gasteiger partial charge is 0.352 e. The molecule has 2 atom stereocenters. The monoisotopic (exact) mass is 331 g/mol. The lowest BCUT2D eigenvalue weighted by Crippen LogP contribution is -2.57. The van der Waals surface area contributed by atoms with Crippen LogP contribution in [0.3, 0.4) is 0 Å². The first kappa shape index (κ1) is 19.2. The normalized spacial score (nSPS) is 27.4. The number of rotatable bonds is 3. The van der Waals surface area contributed by atoms with Crippen LogP contribution in [0, 0.1) is 5.92 Å². The van der Waals surface area contributed by atoms with E-state index in [2.05, 4.69) is 5.32 Å². The summed E-state index contributed by atoms with van der Waals surface area (Å²) in [5.74, 6) is 0.207. The van der Waals surface area contributed by atoms with E-state index in [9.17, 15) is 9.59 Å². The molecule has 2 fully saturated rings. The summed E-state index contributed by atoms with van der Waals surface area (Å²) < 4.78 is 0. The van der Waals surface area contributed by atoms with E-state index in [0.717, 1.165) is 51.4 Å². The van der Waals surface area contributed by atoms with Gasteiger partial charge in [-0.25, -0.2) is 0 Å². The van der Waals surface area contributed by atoms with Crippen molar-refractivity contribution in [2.45, 2.75) is 69.4 Å². The molecule has 5 nitrogen and oxygen atoms in total. The maximum absolute atomic E-state index is 12.5. The summed E-state index contributed by atoms with van der Waals surface area (Å²) >= 11 is 0. The lowest BCUT2D eigenvalue weighted by atomic mass is 9.80. The third-order valence-corrected chi connectivity index (χ3v) is 5.00. The van der Waals surface area contributed by atoms with Crippen LogP contribution in [0.2, 0.25) is 0 Å². The summed E-state index contributed by atoms with van der Waals surface area (Å²) in [5.41, 5.74) is 5.59. The maximum Gasteiger partial charge on any atom is 0.240 e. The van der Waals surface area contributed by atoms with Crippen LogP contribution in [0.5, 0.6) is 0 Å². The number of halogens is 1. The molecule has 0 radical (unpaired) electrons. The molecule has 22 heavy (non-hydrogen) atoms. The standard InChI is InChI=1S/C16H29N3O2.ClH/c1-19(2)14(20)12-7-6-8-13(11-12)18-15(21)16(17)9-4-3-5-10-16;/h12-13H,3-11,17H2,1-2H3,(H,18,21);1H. The fourth-order valence-corrected chi connectivity index (χ4v) is 3.65. The van der Waals surface area contributed by atoms with Crippen LogP contribution >= 0.6 is 12.4 Å². The van der Waals surface area contributed by atoms with E-state index in [1.165, 1.54) is 6.42 Å². The number of nitrogens with zero attached hydrogens (tertiary/aromatic N) is 1. The molecular weight excluding hydrogens is 302 g/mol. The van der Waals surface area contributed by atoms with Gasteiger partial charge < -0.3 is 16.0 Å². The van der Waals surface area contributed by atoms with Gasteiger partial charge >= 0.3 is 0 Å². The van der Waals surface area contributed by atoms with Crippen molar-refractivity contribution in [1.29, 1.82) is 0 Å². The smallest absolute Gasteiger partial charge is 0.240 e. The van der Waals surface area contributed by atoms with Crippen molar-refractivity contribution in [2.75, 3.05) is 14.1 Å². The van der Waals surface area contributed by atoms with Crippen molar-refractivity contribution < 1.29 is 9.59 Å². The molecule has 0 aromatic heterocycles. The van der Waals surface area contributed by atoms with Crippen LogP contribution in [0.15, 0.2) is 0 Å². The van der Waals surface area contributed by atoms with Gasteiger partial charge in [-0.1, -0.05) is 25.7 Å². The highest BCUT2D eigenvalue weighted by Crippen LogP contribution is 2.29. The fraction of sp³-hybridized carbons (Fsp3) is 0.875. The summed E-state index contributed by atoms with van der Waals surface area (Å²) in [6.07, 6.45) is 8.45. The molecule has 2 amide bonds. The van der Waals surface area contributed by atoms with E-state index >= 15 is 0 Å². The highest BCUT2D eigenvalue weighted by molar-refractivity contribution is 5.86. The van der Waals surface area contributed by atoms with Crippen molar-refractivity contribution >= 4 is 24.2 Å². The van der Waals surface area contributed by atoms with Gasteiger partial charge in [0.05, 0.1) is 5.54 Å². The first-order valence-electron chi connectivity index (χ1n) is 8.23. The van der Waals surface area contributed by atoms with Gasteiger partial charge in [-0.2, -0.15) is 0 Å². The van der Waals surface area contributed by atoms with Crippen molar-refractivity contribution in [1.82, 2.24) is 10.2 Å². The summed E-state index contributed by atoms with van der Waals surface area (Å²) in [7, 11) is 3.59. The second kappa shape index (κ2) is 8.16. The molecule has 0 aliphatic heterocycles. The SMILES string of the molecule is CN(C)C(=O)C1CCCC(NC(=O)C2(N)CCCCC2)C1.Cl. The molecule has 2 saturated carbocycles. The summed E-state index contributed by atoms with van der Waals surface area (Å²) in [4.78, 5) is 26.2. The molecule has 0 heterocycles. The summed E-state index contributed by atoms with van der Waals surface area (Å²) in [6.45, 7) is 0. The van der Waals surface area contributed by atoms with Crippen molar-refractivity contribution in [3.63, 3.8) is 0 Å². The minimum Gasteiger partial charge on any atom is -0.352 e. The van der Waals surface area contributed by atoms with E-state index in [1.807, 2.05) is 0 Å². The third-order valence-electron chi connectivity index (χ3n) is 5.00. The average Bonchev–Trinajstić information content (AvgIpc) is 2.47. The van der Waals surface area contributed by atoms with E-state index in [1.54, 1.807) is 19.0 Å². The Morgan fingerprint density at radius 2 is 1.73 bits per heavy atom. The molecule has 2 unspecified atom stereocenters. The zero-order valence-corrected chi connectivity index (χ0v) is 14.6. The van der Waals surface area contributed by atoms with Gasteiger partial charge in [-0.05, 0) is 32.1 Å². The number of carbonyl (C=O) groups excluding carboxylic acids is 2. The molecular formula is C16H30ClN3O2. The first-order valence-corrected chi connectivity index (χ1v) is 8.23. The number of amides is 2. The van der Waals surface area contributed by atoms with E-state index in [-0.39, 0.29) is 36.2 Å². The van der Waals surface area contributed by atoms with E-state index < -0.39 is 5.54 Å². The Labute approximate surface area is 139 Å². The minimum absolute atomic E-state index is 0. The van der Waals surface area contributed by atoms with E-state index in [0.29, 0.717) is 0 Å². The molecule has 0 aromatic rings. The number of hydrogen-bond donors (Lipinski definition) is 2. The Morgan fingerprint density at radius 1 is 1.09 bits per heavy atom. The van der Waals surface area contributed by atoms with Crippen LogP contribution in [-0.2, 0) is 9.59 Å². The molecule has 6 heteroatoms. The molecule has 2 rings (SSSR count). The molecule has 2 aliphatic rings. The molecule has 0 spiro atoms. The van der Waals surface area contributed by atoms with Crippen molar-refractivity contribution in [3.05, 3.63) is 0 Å². The molecule has 0 saturated heterocycles. The van der Waals surface area contributed by atoms with Gasteiger partial charge in [0, 0.05) is 26.1 Å². The predicted molar refractivity (Wildman–Crippen MR) is 89.8 cm³/mol. The molecule has 0 aromatic carbocycles. The number of carbonyl (C=O) groups is 2. The Morgan fingerprint density at radius 3 is 2.32 bits per heavy atom. The molecule has 2 aliphatic carbocycles. The Hall–Kier alpha value is -0.810. The maximum atomic E-state index is 12.5. The molecule has 3 N–H and O–H groups in total. The first-order chi connectivity index (χ1) is 9.92. The van der Waals surface area contributed by atoms with Crippen LogP contribution in [0.4, 0.5) is 0 Å². The highest BCUT2D eigenvalue weighted by atomic mass is 35.5. The second-order valence-corrected chi connectivity index (χ2v) is 6.98. The average molecular weight is 332 g/mol. The quantitative estimate of drug-likeness (QED) is 0.828. The summed E-state index contributed by atoms with van der Waals surface area (Å²) in [5, 5.41) is 3.12. The van der Waals surface area contributed by atoms with Gasteiger partial charge in [0.1, 0.15) is 0 Å². The minimum atomic E-state index is -0.684. The topological polar surface area (TPSA) is 75.4 Å². The Balaban J connectivity index is 0.00000242. The summed E-state index contributed by atoms with van der Waals surface area (Å²) in [6, 6.07) is 0.0995. The number of hydrogen-bond acceptors (Lipinski definition) is 3. The van der Waals surface area contributed by atoms with Crippen LogP contribution in [0.1, 0.15) is 57.8 Å². The van der Waals surface area contributed by atoms with Crippen LogP contribution in [0.25, 0.3) is 0 Å². The lowest BCUT2D eigenvalue weighted by Gasteiger charge is -2.36. The Bertz CT molecular complexity index is 395. The van der Waals surface area contributed by atoms with Gasteiger partial charge in [-0.3, -0.25) is 9.59 Å². The number of nitrogens with two attached hydrogens (primary N) is 1. The third kappa shape index (κ3) is 4.59. The van der Waals surface area contributed by atoms with Gasteiger partial charge in [-0.15, -0.1) is 12.4 Å². The lowest BCUT2D eigenvalue weighted by molar-refractivity contribution is -0.135. The van der Waals surface area contributed by atoms with Gasteiger partial charge in [0.15, 0.2) is 0 Å². The molecule has 128 valence electrons.